The third-order valence-corrected chi connectivity index (χ3v) is 8.51. The summed E-state index contributed by atoms with van der Waals surface area (Å²) in [5.74, 6) is -9.41. The van der Waals surface area contributed by atoms with Gasteiger partial charge < -0.3 is 80.0 Å². The first-order valence-electron chi connectivity index (χ1n) is 19.1. The maximum absolute atomic E-state index is 13.5. The molecule has 0 aliphatic rings. The fraction of sp³-hybridized carbons (Fsp3) is 0.686. The van der Waals surface area contributed by atoms with Crippen LogP contribution >= 0.6 is 0 Å². The average Bonchev–Trinajstić information content (AvgIpc) is 3.17. The number of amides is 9. The molecule has 0 saturated carbocycles. The van der Waals surface area contributed by atoms with E-state index in [0.717, 1.165) is 32.1 Å². The topological polar surface area (TPSA) is 417 Å². The number of carbonyl (C=O) groups excluding carboxylic acids is 8. The predicted molar refractivity (Wildman–Crippen MR) is 208 cm³/mol. The second kappa shape index (κ2) is 29.7. The number of aliphatic carboxylic acids is 1. The Morgan fingerprint density at radius 1 is 0.661 bits per heavy atom. The van der Waals surface area contributed by atoms with Crippen molar-refractivity contribution < 1.29 is 68.7 Å². The number of allylic oxidation sites excluding steroid dienone is 1. The summed E-state index contributed by atoms with van der Waals surface area (Å²) in [6.45, 7) is 0.957. The van der Waals surface area contributed by atoms with Gasteiger partial charge in [-0.1, -0.05) is 38.7 Å². The zero-order valence-electron chi connectivity index (χ0n) is 33.3. The summed E-state index contributed by atoms with van der Waals surface area (Å²) in [5.41, 5.74) is 15.8. The van der Waals surface area contributed by atoms with Crippen molar-refractivity contribution in [3.63, 3.8) is 0 Å². The monoisotopic (exact) mass is 846 g/mol. The highest BCUT2D eigenvalue weighted by atomic mass is 16.4. The standard InChI is InChI=1S/C35H62N10O14/c1-3-4-5-6-7-8-9-12-25(50)42-21(11-10-14-40-35(38)59)29(52)44-23(18-47)31(54)43-22(13-15-39-32(55)26(37)19(2)48)30(53)45-27(28(51)34(57)58)33(56)41-20(17-46)16-24(36)49/h9,12,19-23,26-28,46-48,51H,3-8,10-11,13-18,37H2,1-2H3,(H2,36,49)(H,39,55)(H,41,56)(H,42,50)(H,43,54)(H,44,52)(H,45,53)(H,57,58)(H3,38,40,59)/b12-9+/t19-,20+,21+,22+,23+,26+,27+,28-/m0/s1. The lowest BCUT2D eigenvalue weighted by molar-refractivity contribution is -0.152. The van der Waals surface area contributed by atoms with E-state index < -0.39 is 134 Å². The minimum Gasteiger partial charge on any atom is -0.479 e. The van der Waals surface area contributed by atoms with E-state index >= 15 is 0 Å². The Kier molecular flexibility index (Phi) is 27.0. The van der Waals surface area contributed by atoms with Crippen molar-refractivity contribution in [2.24, 2.45) is 17.2 Å². The van der Waals surface area contributed by atoms with E-state index in [-0.39, 0.29) is 19.4 Å². The van der Waals surface area contributed by atoms with Gasteiger partial charge in [0.1, 0.15) is 30.2 Å². The van der Waals surface area contributed by atoms with E-state index in [2.05, 4.69) is 38.8 Å². The Hall–Kier alpha value is -5.43. The Bertz CT molecular complexity index is 1430. The van der Waals surface area contributed by atoms with Gasteiger partial charge in [0.2, 0.25) is 41.4 Å². The molecule has 0 aliphatic heterocycles. The highest BCUT2D eigenvalue weighted by Gasteiger charge is 2.37. The molecule has 0 fully saturated rings. The van der Waals surface area contributed by atoms with Crippen LogP contribution in [0.2, 0.25) is 0 Å². The SMILES string of the molecule is CCCCCCC/C=C/C(=O)N[C@H](CCCNC(N)=O)C(=O)N[C@H](CO)C(=O)N[C@H](CCNC(=O)[C@H](N)[C@H](C)O)C(=O)N[C@@H](C(=O)N[C@@H](CO)CC(N)=O)[C@H](O)C(=O)O. The molecule has 0 saturated heterocycles. The van der Waals surface area contributed by atoms with Crippen LogP contribution in [0.1, 0.15) is 78.1 Å². The zero-order valence-corrected chi connectivity index (χ0v) is 33.3. The van der Waals surface area contributed by atoms with Crippen molar-refractivity contribution in [2.75, 3.05) is 26.3 Å². The van der Waals surface area contributed by atoms with Crippen LogP contribution in [-0.2, 0) is 38.4 Å². The smallest absolute Gasteiger partial charge is 0.335 e. The molecule has 59 heavy (non-hydrogen) atoms. The lowest BCUT2D eigenvalue weighted by atomic mass is 10.1. The van der Waals surface area contributed by atoms with Crippen molar-refractivity contribution in [3.05, 3.63) is 12.2 Å². The number of urea groups is 1. The molecule has 0 aromatic heterocycles. The van der Waals surface area contributed by atoms with E-state index in [4.69, 9.17) is 17.2 Å². The van der Waals surface area contributed by atoms with Crippen molar-refractivity contribution in [2.45, 2.75) is 127 Å². The van der Waals surface area contributed by atoms with Crippen molar-refractivity contribution >= 4 is 53.4 Å². The first-order chi connectivity index (χ1) is 27.8. The number of primary amides is 2. The number of carboxylic acids is 1. The van der Waals surface area contributed by atoms with E-state index in [9.17, 15) is 68.7 Å². The quantitative estimate of drug-likeness (QED) is 0.0228. The van der Waals surface area contributed by atoms with Gasteiger partial charge in [0.15, 0.2) is 6.10 Å². The molecule has 0 radical (unpaired) electrons. The first-order valence-corrected chi connectivity index (χ1v) is 19.1. The van der Waals surface area contributed by atoms with Gasteiger partial charge in [-0.25, -0.2) is 9.59 Å². The molecule has 0 aliphatic carbocycles. The van der Waals surface area contributed by atoms with Crippen LogP contribution in [0.3, 0.4) is 0 Å². The normalized spacial score (nSPS) is 15.2. The summed E-state index contributed by atoms with van der Waals surface area (Å²) in [6, 6.07) is -10.8. The molecular formula is C35H62N10O14. The fourth-order valence-electron chi connectivity index (χ4n) is 5.13. The third kappa shape index (κ3) is 22.9. The number of aliphatic hydroxyl groups is 4. The molecule has 18 N–H and O–H groups in total. The van der Waals surface area contributed by atoms with Gasteiger partial charge in [-0.05, 0) is 45.1 Å². The summed E-state index contributed by atoms with van der Waals surface area (Å²) in [7, 11) is 0. The number of nitrogens with two attached hydrogens (primary N) is 3. The van der Waals surface area contributed by atoms with Crippen LogP contribution < -0.4 is 54.4 Å². The van der Waals surface area contributed by atoms with Gasteiger partial charge in [-0.2, -0.15) is 0 Å². The van der Waals surface area contributed by atoms with E-state index in [0.29, 0.717) is 6.42 Å². The van der Waals surface area contributed by atoms with Gasteiger partial charge in [-0.3, -0.25) is 33.6 Å². The lowest BCUT2D eigenvalue weighted by Gasteiger charge is -2.27. The molecule has 0 spiro atoms. The van der Waals surface area contributed by atoms with Gasteiger partial charge in [0, 0.05) is 19.5 Å². The number of carbonyl (C=O) groups is 9. The Balaban J connectivity index is 6.29. The molecule has 24 heteroatoms. The van der Waals surface area contributed by atoms with Crippen LogP contribution in [0, 0.1) is 0 Å². The minimum atomic E-state index is -2.62. The summed E-state index contributed by atoms with van der Waals surface area (Å²) in [5, 5.41) is 64.6. The molecule has 0 heterocycles. The molecule has 9 amide bonds. The number of unbranched alkanes of at least 4 members (excludes halogenated alkanes) is 5. The van der Waals surface area contributed by atoms with Crippen molar-refractivity contribution in [1.29, 1.82) is 0 Å². The fourth-order valence-corrected chi connectivity index (χ4v) is 5.13. The molecule has 0 aromatic rings. The number of rotatable bonds is 31. The number of carboxylic acid groups (broad SMARTS) is 1. The molecule has 336 valence electrons. The summed E-state index contributed by atoms with van der Waals surface area (Å²) in [4.78, 5) is 113. The molecule has 8 atom stereocenters. The summed E-state index contributed by atoms with van der Waals surface area (Å²) >= 11 is 0. The van der Waals surface area contributed by atoms with E-state index in [1.807, 2.05) is 5.32 Å². The van der Waals surface area contributed by atoms with E-state index in [1.165, 1.54) is 13.0 Å². The predicted octanol–water partition coefficient (Wildman–Crippen LogP) is -5.70. The minimum absolute atomic E-state index is 0.0172. The van der Waals surface area contributed by atoms with E-state index in [1.54, 1.807) is 6.08 Å². The average molecular weight is 847 g/mol. The number of hydrogen-bond acceptors (Lipinski definition) is 14. The van der Waals surface area contributed by atoms with Crippen LogP contribution in [0.25, 0.3) is 0 Å². The molecule has 0 unspecified atom stereocenters. The van der Waals surface area contributed by atoms with Gasteiger partial charge in [-0.15, -0.1) is 0 Å². The Morgan fingerprint density at radius 2 is 1.25 bits per heavy atom. The van der Waals surface area contributed by atoms with Crippen LogP contribution in [0.5, 0.6) is 0 Å². The largest absolute Gasteiger partial charge is 0.479 e. The van der Waals surface area contributed by atoms with Crippen LogP contribution in [-0.4, -0.2) is 154 Å². The van der Waals surface area contributed by atoms with Gasteiger partial charge >= 0.3 is 12.0 Å². The Morgan fingerprint density at radius 3 is 1.81 bits per heavy atom. The van der Waals surface area contributed by atoms with Gasteiger partial charge in [0.05, 0.1) is 25.4 Å². The maximum atomic E-state index is 13.5. The molecule has 0 aromatic carbocycles. The highest BCUT2D eigenvalue weighted by Crippen LogP contribution is 2.07. The lowest BCUT2D eigenvalue weighted by Crippen LogP contribution is -2.62. The second-order valence-corrected chi connectivity index (χ2v) is 13.6. The molecule has 0 bridgehead atoms. The molecular weight excluding hydrogens is 784 g/mol. The summed E-state index contributed by atoms with van der Waals surface area (Å²) in [6.07, 6.45) is 3.51. The Labute approximate surface area is 341 Å². The van der Waals surface area contributed by atoms with Crippen LogP contribution in [0.15, 0.2) is 12.2 Å². The number of hydrogen-bond donors (Lipinski definition) is 15. The number of nitrogens with one attached hydrogen (secondary N) is 7. The number of aliphatic hydroxyl groups excluding tert-OH is 4. The zero-order chi connectivity index (χ0) is 45.1. The first kappa shape index (κ1) is 53.6. The molecule has 0 rings (SSSR count). The van der Waals surface area contributed by atoms with Crippen LogP contribution in [0.4, 0.5) is 4.79 Å². The summed E-state index contributed by atoms with van der Waals surface area (Å²) < 4.78 is 0. The highest BCUT2D eigenvalue weighted by molar-refractivity contribution is 5.98. The van der Waals surface area contributed by atoms with Crippen molar-refractivity contribution in [3.8, 4) is 0 Å². The van der Waals surface area contributed by atoms with Crippen molar-refractivity contribution in [1.82, 2.24) is 37.2 Å². The molecule has 24 nitrogen and oxygen atoms in total. The third-order valence-electron chi connectivity index (χ3n) is 8.51. The maximum Gasteiger partial charge on any atom is 0.335 e. The second-order valence-electron chi connectivity index (χ2n) is 13.6. The van der Waals surface area contributed by atoms with Gasteiger partial charge in [0.25, 0.3) is 0 Å².